The molecule has 0 bridgehead atoms. The molecule has 0 aromatic heterocycles. The van der Waals surface area contributed by atoms with Crippen LogP contribution in [0, 0.1) is 17.3 Å². The molecule has 1 heterocycles. The first-order valence-corrected chi connectivity index (χ1v) is 7.12. The Labute approximate surface area is 94.0 Å². The lowest BCUT2D eigenvalue weighted by molar-refractivity contribution is -0.0272. The molecule has 1 aliphatic heterocycles. The standard InChI is InChI=1S/C14H25N/c1-2-5-12(6-3-1)14(8-4-9-14)13-7-10-15-11-13/h12-13,15H,1-11H2. The van der Waals surface area contributed by atoms with Gasteiger partial charge in [0, 0.05) is 0 Å². The van der Waals surface area contributed by atoms with Crippen LogP contribution in [0.1, 0.15) is 57.8 Å². The summed E-state index contributed by atoms with van der Waals surface area (Å²) in [6, 6.07) is 0. The average Bonchev–Trinajstić information content (AvgIpc) is 2.72. The molecule has 1 saturated heterocycles. The summed E-state index contributed by atoms with van der Waals surface area (Å²) in [5, 5.41) is 3.59. The highest BCUT2D eigenvalue weighted by atomic mass is 14.9. The highest BCUT2D eigenvalue weighted by Crippen LogP contribution is 2.57. The van der Waals surface area contributed by atoms with Crippen LogP contribution >= 0.6 is 0 Å². The minimum atomic E-state index is 0.809. The second-order valence-corrected chi connectivity index (χ2v) is 6.11. The third-order valence-corrected chi connectivity index (χ3v) is 5.58. The summed E-state index contributed by atoms with van der Waals surface area (Å²) in [7, 11) is 0. The molecule has 3 rings (SSSR count). The largest absolute Gasteiger partial charge is 0.316 e. The van der Waals surface area contributed by atoms with Gasteiger partial charge in [0.15, 0.2) is 0 Å². The number of hydrogen-bond donors (Lipinski definition) is 1. The molecule has 1 atom stereocenters. The second kappa shape index (κ2) is 4.08. The predicted molar refractivity (Wildman–Crippen MR) is 63.8 cm³/mol. The molecule has 15 heavy (non-hydrogen) atoms. The molecule has 0 aromatic rings. The van der Waals surface area contributed by atoms with Gasteiger partial charge in [-0.25, -0.2) is 0 Å². The van der Waals surface area contributed by atoms with E-state index in [1.165, 1.54) is 45.2 Å². The summed E-state index contributed by atoms with van der Waals surface area (Å²) >= 11 is 0. The van der Waals surface area contributed by atoms with Crippen LogP contribution in [0.5, 0.6) is 0 Å². The van der Waals surface area contributed by atoms with Crippen LogP contribution in [0.15, 0.2) is 0 Å². The van der Waals surface area contributed by atoms with E-state index in [-0.39, 0.29) is 0 Å². The molecule has 3 aliphatic rings. The van der Waals surface area contributed by atoms with Crippen molar-refractivity contribution in [2.45, 2.75) is 57.8 Å². The molecule has 1 heteroatoms. The molecule has 3 fully saturated rings. The van der Waals surface area contributed by atoms with Gasteiger partial charge >= 0.3 is 0 Å². The van der Waals surface area contributed by atoms with Crippen LogP contribution < -0.4 is 5.32 Å². The van der Waals surface area contributed by atoms with E-state index in [1.54, 1.807) is 25.7 Å². The van der Waals surface area contributed by atoms with E-state index in [4.69, 9.17) is 0 Å². The number of rotatable bonds is 2. The Morgan fingerprint density at radius 1 is 0.800 bits per heavy atom. The maximum Gasteiger partial charge on any atom is -0.00146 e. The summed E-state index contributed by atoms with van der Waals surface area (Å²) in [6.07, 6.45) is 13.8. The Balaban J connectivity index is 1.72. The SMILES string of the molecule is C1CCC(C2(C3CCNC3)CCC2)CC1. The highest BCUT2D eigenvalue weighted by molar-refractivity contribution is 5.01. The topological polar surface area (TPSA) is 12.0 Å². The van der Waals surface area contributed by atoms with E-state index in [0.29, 0.717) is 0 Å². The fourth-order valence-corrected chi connectivity index (χ4v) is 4.56. The van der Waals surface area contributed by atoms with Gasteiger partial charge in [0.05, 0.1) is 0 Å². The van der Waals surface area contributed by atoms with E-state index >= 15 is 0 Å². The highest BCUT2D eigenvalue weighted by Gasteiger charge is 2.49. The summed E-state index contributed by atoms with van der Waals surface area (Å²) in [5.74, 6) is 2.14. The molecule has 1 nitrogen and oxygen atoms in total. The van der Waals surface area contributed by atoms with Crippen molar-refractivity contribution in [1.82, 2.24) is 5.32 Å². The van der Waals surface area contributed by atoms with Crippen molar-refractivity contribution < 1.29 is 0 Å². The lowest BCUT2D eigenvalue weighted by atomic mass is 9.52. The molecule has 86 valence electrons. The van der Waals surface area contributed by atoms with Crippen LogP contribution in [-0.4, -0.2) is 13.1 Å². The Kier molecular flexibility index (Phi) is 2.76. The van der Waals surface area contributed by atoms with Gasteiger partial charge in [-0.05, 0) is 62.4 Å². The van der Waals surface area contributed by atoms with Crippen LogP contribution in [-0.2, 0) is 0 Å². The Hall–Kier alpha value is -0.0400. The lowest BCUT2D eigenvalue weighted by Gasteiger charge is -2.53. The van der Waals surface area contributed by atoms with Gasteiger partial charge in [-0.2, -0.15) is 0 Å². The fraction of sp³-hybridized carbons (Fsp3) is 1.00. The molecule has 0 spiro atoms. The molecule has 2 saturated carbocycles. The molecular formula is C14H25N. The fourth-order valence-electron chi connectivity index (χ4n) is 4.56. The summed E-state index contributed by atoms with van der Waals surface area (Å²) in [4.78, 5) is 0. The van der Waals surface area contributed by atoms with E-state index < -0.39 is 0 Å². The zero-order chi connectivity index (χ0) is 10.1. The van der Waals surface area contributed by atoms with Gasteiger partial charge < -0.3 is 5.32 Å². The van der Waals surface area contributed by atoms with E-state index in [9.17, 15) is 0 Å². The zero-order valence-corrected chi connectivity index (χ0v) is 9.93. The Morgan fingerprint density at radius 2 is 1.60 bits per heavy atom. The third-order valence-electron chi connectivity index (χ3n) is 5.58. The van der Waals surface area contributed by atoms with Crippen molar-refractivity contribution in [3.8, 4) is 0 Å². The van der Waals surface area contributed by atoms with Crippen molar-refractivity contribution in [2.75, 3.05) is 13.1 Å². The second-order valence-electron chi connectivity index (χ2n) is 6.11. The van der Waals surface area contributed by atoms with Crippen molar-refractivity contribution in [1.29, 1.82) is 0 Å². The van der Waals surface area contributed by atoms with E-state index in [1.807, 2.05) is 0 Å². The lowest BCUT2D eigenvalue weighted by Crippen LogP contribution is -2.45. The zero-order valence-electron chi connectivity index (χ0n) is 9.93. The van der Waals surface area contributed by atoms with Crippen LogP contribution in [0.3, 0.4) is 0 Å². The van der Waals surface area contributed by atoms with E-state index in [0.717, 1.165) is 17.3 Å². The monoisotopic (exact) mass is 207 g/mol. The maximum atomic E-state index is 3.59. The van der Waals surface area contributed by atoms with Crippen molar-refractivity contribution in [2.24, 2.45) is 17.3 Å². The summed E-state index contributed by atoms with van der Waals surface area (Å²) in [5.41, 5.74) is 0.809. The van der Waals surface area contributed by atoms with Gasteiger partial charge in [0.2, 0.25) is 0 Å². The van der Waals surface area contributed by atoms with E-state index in [2.05, 4.69) is 5.32 Å². The first kappa shape index (κ1) is 10.1. The molecule has 0 amide bonds. The maximum absolute atomic E-state index is 3.59. The van der Waals surface area contributed by atoms with Gasteiger partial charge in [-0.3, -0.25) is 0 Å². The molecule has 1 N–H and O–H groups in total. The Morgan fingerprint density at radius 3 is 2.13 bits per heavy atom. The molecule has 0 radical (unpaired) electrons. The third kappa shape index (κ3) is 1.63. The van der Waals surface area contributed by atoms with Gasteiger partial charge in [0.1, 0.15) is 0 Å². The van der Waals surface area contributed by atoms with Crippen LogP contribution in [0.25, 0.3) is 0 Å². The Bertz CT molecular complexity index is 207. The number of nitrogens with one attached hydrogen (secondary N) is 1. The first-order chi connectivity index (χ1) is 7.42. The minimum absolute atomic E-state index is 0.809. The summed E-state index contributed by atoms with van der Waals surface area (Å²) in [6.45, 7) is 2.62. The van der Waals surface area contributed by atoms with Gasteiger partial charge in [0.25, 0.3) is 0 Å². The van der Waals surface area contributed by atoms with Crippen LogP contribution in [0.2, 0.25) is 0 Å². The number of hydrogen-bond acceptors (Lipinski definition) is 1. The average molecular weight is 207 g/mol. The van der Waals surface area contributed by atoms with Gasteiger partial charge in [-0.1, -0.05) is 25.7 Å². The minimum Gasteiger partial charge on any atom is -0.316 e. The van der Waals surface area contributed by atoms with Crippen molar-refractivity contribution in [3.63, 3.8) is 0 Å². The van der Waals surface area contributed by atoms with Crippen LogP contribution in [0.4, 0.5) is 0 Å². The van der Waals surface area contributed by atoms with Crippen molar-refractivity contribution >= 4 is 0 Å². The molecule has 2 aliphatic carbocycles. The van der Waals surface area contributed by atoms with Crippen molar-refractivity contribution in [3.05, 3.63) is 0 Å². The summed E-state index contributed by atoms with van der Waals surface area (Å²) < 4.78 is 0. The van der Waals surface area contributed by atoms with Gasteiger partial charge in [-0.15, -0.1) is 0 Å². The molecule has 0 aromatic carbocycles. The predicted octanol–water partition coefficient (Wildman–Crippen LogP) is 3.35. The smallest absolute Gasteiger partial charge is 0.00146 e. The molecular weight excluding hydrogens is 182 g/mol. The molecule has 1 unspecified atom stereocenters. The quantitative estimate of drug-likeness (QED) is 0.732. The normalized spacial score (nSPS) is 36.4. The first-order valence-electron chi connectivity index (χ1n) is 7.12.